The van der Waals surface area contributed by atoms with Gasteiger partial charge in [-0.25, -0.2) is 0 Å². The van der Waals surface area contributed by atoms with E-state index >= 15 is 0 Å². The number of aryl methyl sites for hydroxylation is 1. The van der Waals surface area contributed by atoms with E-state index in [0.29, 0.717) is 10.7 Å². The number of methoxy groups -OCH3 is 1. The molecule has 0 bridgehead atoms. The van der Waals surface area contributed by atoms with Crippen molar-refractivity contribution in [3.05, 3.63) is 29.3 Å². The summed E-state index contributed by atoms with van der Waals surface area (Å²) in [5, 5.41) is 0. The molecule has 0 saturated carbocycles. The molecule has 1 fully saturated rings. The Labute approximate surface area is 105 Å². The summed E-state index contributed by atoms with van der Waals surface area (Å²) >= 11 is 3.78. The maximum atomic E-state index is 5.43. The fourth-order valence-corrected chi connectivity index (χ4v) is 2.88. The monoisotopic (exact) mass is 284 g/mol. The van der Waals surface area contributed by atoms with E-state index in [1.807, 2.05) is 6.07 Å². The molecule has 1 saturated heterocycles. The molecule has 0 radical (unpaired) electrons. The zero-order valence-electron chi connectivity index (χ0n) is 9.70. The molecule has 0 amide bonds. The molecule has 16 heavy (non-hydrogen) atoms. The van der Waals surface area contributed by atoms with Crippen LogP contribution in [0.15, 0.2) is 18.2 Å². The van der Waals surface area contributed by atoms with E-state index < -0.39 is 0 Å². The van der Waals surface area contributed by atoms with Crippen molar-refractivity contribution in [2.75, 3.05) is 20.3 Å². The van der Waals surface area contributed by atoms with Crippen LogP contribution in [0.4, 0.5) is 0 Å². The number of hydrogen-bond donors (Lipinski definition) is 0. The van der Waals surface area contributed by atoms with Gasteiger partial charge in [-0.3, -0.25) is 0 Å². The lowest BCUT2D eigenvalue weighted by atomic mass is 9.96. The first-order valence-electron chi connectivity index (χ1n) is 5.58. The first-order valence-corrected chi connectivity index (χ1v) is 6.50. The minimum absolute atomic E-state index is 0.324. The van der Waals surface area contributed by atoms with Crippen LogP contribution in [0, 0.1) is 12.8 Å². The highest BCUT2D eigenvalue weighted by Gasteiger charge is 2.27. The van der Waals surface area contributed by atoms with Gasteiger partial charge in [0.1, 0.15) is 5.75 Å². The van der Waals surface area contributed by atoms with Crippen molar-refractivity contribution in [2.24, 2.45) is 5.92 Å². The van der Waals surface area contributed by atoms with Crippen molar-refractivity contribution in [1.29, 1.82) is 0 Å². The maximum Gasteiger partial charge on any atom is 0.123 e. The molecule has 0 spiro atoms. The SMILES string of the molecule is COc1ccc(C)cc1C(Br)C1CCOC1. The predicted molar refractivity (Wildman–Crippen MR) is 68.3 cm³/mol. The molecular weight excluding hydrogens is 268 g/mol. The Morgan fingerprint density at radius 2 is 2.31 bits per heavy atom. The van der Waals surface area contributed by atoms with E-state index in [4.69, 9.17) is 9.47 Å². The molecule has 1 heterocycles. The van der Waals surface area contributed by atoms with Crippen molar-refractivity contribution in [3.63, 3.8) is 0 Å². The van der Waals surface area contributed by atoms with Gasteiger partial charge in [-0.1, -0.05) is 33.6 Å². The number of alkyl halides is 1. The molecule has 1 aromatic carbocycles. The zero-order valence-corrected chi connectivity index (χ0v) is 11.3. The van der Waals surface area contributed by atoms with Gasteiger partial charge in [0.05, 0.1) is 13.7 Å². The van der Waals surface area contributed by atoms with Gasteiger partial charge in [-0.2, -0.15) is 0 Å². The lowest BCUT2D eigenvalue weighted by molar-refractivity contribution is 0.185. The highest BCUT2D eigenvalue weighted by atomic mass is 79.9. The molecule has 1 aliphatic rings. The quantitative estimate of drug-likeness (QED) is 0.792. The molecule has 2 nitrogen and oxygen atoms in total. The maximum absolute atomic E-state index is 5.43. The van der Waals surface area contributed by atoms with E-state index in [9.17, 15) is 0 Å². The van der Waals surface area contributed by atoms with Gasteiger partial charge in [0.25, 0.3) is 0 Å². The average molecular weight is 285 g/mol. The Hall–Kier alpha value is -0.540. The van der Waals surface area contributed by atoms with Gasteiger partial charge in [0.2, 0.25) is 0 Å². The fraction of sp³-hybridized carbons (Fsp3) is 0.538. The first-order chi connectivity index (χ1) is 7.72. The molecule has 88 valence electrons. The minimum Gasteiger partial charge on any atom is -0.496 e. The number of rotatable bonds is 3. The third-order valence-corrected chi connectivity index (χ3v) is 4.30. The van der Waals surface area contributed by atoms with Gasteiger partial charge in [-0.05, 0) is 19.4 Å². The van der Waals surface area contributed by atoms with Crippen LogP contribution in [0.1, 0.15) is 22.4 Å². The van der Waals surface area contributed by atoms with Crippen molar-refractivity contribution in [2.45, 2.75) is 18.2 Å². The summed E-state index contributed by atoms with van der Waals surface area (Å²) in [6, 6.07) is 6.30. The first kappa shape index (κ1) is 11.9. The normalized spacial score (nSPS) is 22.1. The standard InChI is InChI=1S/C13H17BrO2/c1-9-3-4-12(15-2)11(7-9)13(14)10-5-6-16-8-10/h3-4,7,10,13H,5-6,8H2,1-2H3. The lowest BCUT2D eigenvalue weighted by Crippen LogP contribution is -2.08. The smallest absolute Gasteiger partial charge is 0.123 e. The summed E-state index contributed by atoms with van der Waals surface area (Å²) in [5.41, 5.74) is 2.50. The molecular formula is C13H17BrO2. The van der Waals surface area contributed by atoms with Crippen LogP contribution in [-0.4, -0.2) is 20.3 Å². The number of hydrogen-bond acceptors (Lipinski definition) is 2. The molecule has 1 aromatic rings. The molecule has 2 unspecified atom stereocenters. The third-order valence-electron chi connectivity index (χ3n) is 3.06. The van der Waals surface area contributed by atoms with Crippen LogP contribution in [0.2, 0.25) is 0 Å². The molecule has 2 atom stereocenters. The highest BCUT2D eigenvalue weighted by molar-refractivity contribution is 9.09. The summed E-state index contributed by atoms with van der Waals surface area (Å²) < 4.78 is 10.8. The molecule has 1 aliphatic heterocycles. The van der Waals surface area contributed by atoms with Crippen LogP contribution in [0.25, 0.3) is 0 Å². The van der Waals surface area contributed by atoms with E-state index in [1.165, 1.54) is 11.1 Å². The van der Waals surface area contributed by atoms with Crippen LogP contribution in [0.5, 0.6) is 5.75 Å². The van der Waals surface area contributed by atoms with Gasteiger partial charge >= 0.3 is 0 Å². The van der Waals surface area contributed by atoms with Gasteiger partial charge in [0, 0.05) is 22.9 Å². The van der Waals surface area contributed by atoms with E-state index in [-0.39, 0.29) is 0 Å². The second-order valence-electron chi connectivity index (χ2n) is 4.27. The van der Waals surface area contributed by atoms with Crippen molar-refractivity contribution in [3.8, 4) is 5.75 Å². The summed E-state index contributed by atoms with van der Waals surface area (Å²) in [7, 11) is 1.72. The largest absolute Gasteiger partial charge is 0.496 e. The molecule has 2 rings (SSSR count). The van der Waals surface area contributed by atoms with E-state index in [0.717, 1.165) is 25.4 Å². The molecule has 3 heteroatoms. The van der Waals surface area contributed by atoms with Crippen LogP contribution >= 0.6 is 15.9 Å². The van der Waals surface area contributed by atoms with Crippen molar-refractivity contribution >= 4 is 15.9 Å². The summed E-state index contributed by atoms with van der Waals surface area (Å²) in [4.78, 5) is 0.324. The number of ether oxygens (including phenoxy) is 2. The van der Waals surface area contributed by atoms with E-state index in [2.05, 4.69) is 35.0 Å². The van der Waals surface area contributed by atoms with Gasteiger partial charge in [0.15, 0.2) is 0 Å². The Bertz CT molecular complexity index is 359. The van der Waals surface area contributed by atoms with Crippen molar-refractivity contribution in [1.82, 2.24) is 0 Å². The Balaban J connectivity index is 2.26. The predicted octanol–water partition coefficient (Wildman–Crippen LogP) is 3.48. The Morgan fingerprint density at radius 3 is 2.94 bits per heavy atom. The summed E-state index contributed by atoms with van der Waals surface area (Å²) in [6.45, 7) is 3.82. The second-order valence-corrected chi connectivity index (χ2v) is 5.26. The lowest BCUT2D eigenvalue weighted by Gasteiger charge is -2.19. The summed E-state index contributed by atoms with van der Waals surface area (Å²) in [6.07, 6.45) is 1.12. The van der Waals surface area contributed by atoms with Gasteiger partial charge in [-0.15, -0.1) is 0 Å². The number of halogens is 1. The summed E-state index contributed by atoms with van der Waals surface area (Å²) in [5.74, 6) is 1.51. The fourth-order valence-electron chi connectivity index (χ4n) is 2.11. The Morgan fingerprint density at radius 1 is 1.50 bits per heavy atom. The van der Waals surface area contributed by atoms with Gasteiger partial charge < -0.3 is 9.47 Å². The average Bonchev–Trinajstić information content (AvgIpc) is 2.81. The molecule has 0 aliphatic carbocycles. The van der Waals surface area contributed by atoms with Crippen LogP contribution in [0.3, 0.4) is 0 Å². The highest BCUT2D eigenvalue weighted by Crippen LogP contribution is 2.40. The van der Waals surface area contributed by atoms with Crippen LogP contribution < -0.4 is 4.74 Å². The van der Waals surface area contributed by atoms with Crippen molar-refractivity contribution < 1.29 is 9.47 Å². The third kappa shape index (κ3) is 2.41. The number of benzene rings is 1. The Kier molecular flexibility index (Phi) is 3.87. The topological polar surface area (TPSA) is 18.5 Å². The minimum atomic E-state index is 0.324. The molecule has 0 aromatic heterocycles. The van der Waals surface area contributed by atoms with E-state index in [1.54, 1.807) is 7.11 Å². The molecule has 0 N–H and O–H groups in total. The second kappa shape index (κ2) is 5.19. The zero-order chi connectivity index (χ0) is 11.5. The van der Waals surface area contributed by atoms with Crippen LogP contribution in [-0.2, 0) is 4.74 Å².